The second kappa shape index (κ2) is 10.1. The summed E-state index contributed by atoms with van der Waals surface area (Å²) in [5, 5.41) is 11.8. The van der Waals surface area contributed by atoms with Crippen LogP contribution in [0.4, 0.5) is 0 Å². The van der Waals surface area contributed by atoms with Crippen molar-refractivity contribution in [1.82, 2.24) is 25.0 Å². The molecular formula is C20H31IN6. The number of hydrogen-bond donors (Lipinski definition) is 1. The van der Waals surface area contributed by atoms with Crippen LogP contribution < -0.4 is 5.32 Å². The highest BCUT2D eigenvalue weighted by Gasteiger charge is 2.30. The lowest BCUT2D eigenvalue weighted by molar-refractivity contribution is 0.215. The maximum absolute atomic E-state index is 4.50. The molecule has 1 N–H and O–H groups in total. The van der Waals surface area contributed by atoms with E-state index in [4.69, 9.17) is 0 Å². The number of nitrogens with zero attached hydrogens (tertiary/aromatic N) is 5. The zero-order valence-electron chi connectivity index (χ0n) is 16.7. The molecule has 1 aromatic heterocycles. The molecule has 2 unspecified atom stereocenters. The molecular weight excluding hydrogens is 451 g/mol. The topological polar surface area (TPSA) is 58.3 Å². The van der Waals surface area contributed by atoms with E-state index in [1.165, 1.54) is 12.0 Å². The molecule has 1 fully saturated rings. The summed E-state index contributed by atoms with van der Waals surface area (Å²) in [6.45, 7) is 6.95. The minimum absolute atomic E-state index is 0. The fraction of sp³-hybridized carbons (Fsp3) is 0.550. The van der Waals surface area contributed by atoms with Crippen molar-refractivity contribution in [2.24, 2.45) is 18.0 Å². The minimum Gasteiger partial charge on any atom is -0.349 e. The lowest BCUT2D eigenvalue weighted by atomic mass is 9.79. The SMILES string of the molecule is CCC1CN(C(=NC)NCc2nnc(C)n2C)CCC1c1ccccc1.I. The molecule has 0 radical (unpaired) electrons. The van der Waals surface area contributed by atoms with Gasteiger partial charge in [-0.05, 0) is 30.7 Å². The molecule has 1 saturated heterocycles. The first-order chi connectivity index (χ1) is 12.6. The van der Waals surface area contributed by atoms with E-state index >= 15 is 0 Å². The first kappa shape index (κ1) is 21.7. The van der Waals surface area contributed by atoms with Gasteiger partial charge >= 0.3 is 0 Å². The van der Waals surface area contributed by atoms with Crippen molar-refractivity contribution in [3.05, 3.63) is 47.5 Å². The molecule has 3 rings (SSSR count). The van der Waals surface area contributed by atoms with E-state index < -0.39 is 0 Å². The van der Waals surface area contributed by atoms with Crippen LogP contribution in [0.25, 0.3) is 0 Å². The van der Waals surface area contributed by atoms with Crippen LogP contribution in [-0.4, -0.2) is 45.8 Å². The quantitative estimate of drug-likeness (QED) is 0.413. The molecule has 1 aliphatic heterocycles. The molecule has 0 spiro atoms. The van der Waals surface area contributed by atoms with E-state index in [0.29, 0.717) is 18.4 Å². The van der Waals surface area contributed by atoms with Crippen molar-refractivity contribution in [2.45, 2.75) is 39.2 Å². The van der Waals surface area contributed by atoms with Crippen LogP contribution in [0.3, 0.4) is 0 Å². The van der Waals surface area contributed by atoms with Gasteiger partial charge in [0.05, 0.1) is 6.54 Å². The number of aromatic nitrogens is 3. The number of aryl methyl sites for hydroxylation is 1. The number of piperidine rings is 1. The monoisotopic (exact) mass is 482 g/mol. The molecule has 1 aromatic carbocycles. The molecule has 2 heterocycles. The van der Waals surface area contributed by atoms with Crippen LogP contribution in [0.2, 0.25) is 0 Å². The molecule has 0 aliphatic carbocycles. The van der Waals surface area contributed by atoms with Gasteiger partial charge in [0.25, 0.3) is 0 Å². The number of guanidine groups is 1. The molecule has 27 heavy (non-hydrogen) atoms. The van der Waals surface area contributed by atoms with Gasteiger partial charge in [0, 0.05) is 27.2 Å². The van der Waals surface area contributed by atoms with E-state index in [1.807, 2.05) is 25.6 Å². The van der Waals surface area contributed by atoms with E-state index in [0.717, 1.165) is 37.1 Å². The predicted octanol–water partition coefficient (Wildman–Crippen LogP) is 3.33. The van der Waals surface area contributed by atoms with Gasteiger partial charge in [-0.25, -0.2) is 0 Å². The summed E-state index contributed by atoms with van der Waals surface area (Å²) >= 11 is 0. The van der Waals surface area contributed by atoms with Crippen LogP contribution >= 0.6 is 24.0 Å². The molecule has 0 bridgehead atoms. The van der Waals surface area contributed by atoms with E-state index in [2.05, 4.69) is 62.7 Å². The summed E-state index contributed by atoms with van der Waals surface area (Å²) < 4.78 is 2.01. The van der Waals surface area contributed by atoms with Crippen molar-refractivity contribution in [3.63, 3.8) is 0 Å². The van der Waals surface area contributed by atoms with Crippen LogP contribution in [0.15, 0.2) is 35.3 Å². The van der Waals surface area contributed by atoms with Crippen LogP contribution in [0.5, 0.6) is 0 Å². The molecule has 148 valence electrons. The van der Waals surface area contributed by atoms with Crippen molar-refractivity contribution < 1.29 is 0 Å². The number of hydrogen-bond acceptors (Lipinski definition) is 3. The van der Waals surface area contributed by atoms with E-state index in [-0.39, 0.29) is 24.0 Å². The summed E-state index contributed by atoms with van der Waals surface area (Å²) in [7, 11) is 3.85. The standard InChI is InChI=1S/C20H30N6.HI/c1-5-16-14-26(12-11-18(16)17-9-7-6-8-10-17)20(21-3)22-13-19-24-23-15(2)25(19)4;/h6-10,16,18H,5,11-14H2,1-4H3,(H,21,22);1H. The van der Waals surface area contributed by atoms with Gasteiger partial charge in [-0.15, -0.1) is 34.2 Å². The Kier molecular flexibility index (Phi) is 8.07. The highest BCUT2D eigenvalue weighted by molar-refractivity contribution is 14.0. The third-order valence-corrected chi connectivity index (χ3v) is 5.58. The zero-order valence-corrected chi connectivity index (χ0v) is 19.1. The summed E-state index contributed by atoms with van der Waals surface area (Å²) in [6, 6.07) is 10.9. The number of nitrogens with one attached hydrogen (secondary N) is 1. The maximum atomic E-state index is 4.50. The summed E-state index contributed by atoms with van der Waals surface area (Å²) in [5.74, 6) is 4.08. The third-order valence-electron chi connectivity index (χ3n) is 5.58. The molecule has 0 saturated carbocycles. The van der Waals surface area contributed by atoms with Gasteiger partial charge in [-0.2, -0.15) is 0 Å². The van der Waals surface area contributed by atoms with Gasteiger partial charge in [-0.1, -0.05) is 43.7 Å². The van der Waals surface area contributed by atoms with Gasteiger partial charge in [0.1, 0.15) is 5.82 Å². The van der Waals surface area contributed by atoms with Gasteiger partial charge in [0.2, 0.25) is 0 Å². The van der Waals surface area contributed by atoms with Gasteiger partial charge in [0.15, 0.2) is 11.8 Å². The Bertz CT molecular complexity index is 742. The number of rotatable bonds is 4. The Morgan fingerprint density at radius 1 is 1.26 bits per heavy atom. The van der Waals surface area contributed by atoms with Crippen molar-refractivity contribution in [1.29, 1.82) is 0 Å². The molecule has 6 nitrogen and oxygen atoms in total. The molecule has 2 atom stereocenters. The first-order valence-electron chi connectivity index (χ1n) is 9.49. The second-order valence-electron chi connectivity index (χ2n) is 7.04. The fourth-order valence-electron chi connectivity index (χ4n) is 3.87. The van der Waals surface area contributed by atoms with Crippen LogP contribution in [0.1, 0.15) is 42.9 Å². The maximum Gasteiger partial charge on any atom is 0.194 e. The number of likely N-dealkylation sites (tertiary alicyclic amines) is 1. The Balaban J connectivity index is 0.00000261. The fourth-order valence-corrected chi connectivity index (χ4v) is 3.87. The second-order valence-corrected chi connectivity index (χ2v) is 7.04. The highest BCUT2D eigenvalue weighted by atomic mass is 127. The van der Waals surface area contributed by atoms with E-state index in [1.54, 1.807) is 0 Å². The minimum atomic E-state index is 0. The Labute approximate surface area is 179 Å². The lowest BCUT2D eigenvalue weighted by Crippen LogP contribution is -2.48. The number of benzene rings is 1. The molecule has 7 heteroatoms. The smallest absolute Gasteiger partial charge is 0.194 e. The highest BCUT2D eigenvalue weighted by Crippen LogP contribution is 2.34. The van der Waals surface area contributed by atoms with Crippen molar-refractivity contribution >= 4 is 29.9 Å². The lowest BCUT2D eigenvalue weighted by Gasteiger charge is -2.40. The van der Waals surface area contributed by atoms with Gasteiger partial charge in [-0.3, -0.25) is 4.99 Å². The zero-order chi connectivity index (χ0) is 18.5. The van der Waals surface area contributed by atoms with Crippen LogP contribution in [-0.2, 0) is 13.6 Å². The average Bonchev–Trinajstić information content (AvgIpc) is 3.01. The van der Waals surface area contributed by atoms with Gasteiger partial charge < -0.3 is 14.8 Å². The molecule has 0 amide bonds. The van der Waals surface area contributed by atoms with Crippen LogP contribution in [0, 0.1) is 12.8 Å². The summed E-state index contributed by atoms with van der Waals surface area (Å²) in [4.78, 5) is 6.89. The Morgan fingerprint density at radius 3 is 2.59 bits per heavy atom. The number of halogens is 1. The third kappa shape index (κ3) is 5.00. The van der Waals surface area contributed by atoms with Crippen molar-refractivity contribution in [3.8, 4) is 0 Å². The number of aliphatic imine (C=N–C) groups is 1. The summed E-state index contributed by atoms with van der Waals surface area (Å²) in [5.41, 5.74) is 1.47. The predicted molar refractivity (Wildman–Crippen MR) is 121 cm³/mol. The Morgan fingerprint density at radius 2 is 2.00 bits per heavy atom. The van der Waals surface area contributed by atoms with E-state index in [9.17, 15) is 0 Å². The van der Waals surface area contributed by atoms with Crippen molar-refractivity contribution in [2.75, 3.05) is 20.1 Å². The Hall–Kier alpha value is -1.64. The summed E-state index contributed by atoms with van der Waals surface area (Å²) in [6.07, 6.45) is 2.34. The first-order valence-corrected chi connectivity index (χ1v) is 9.49. The largest absolute Gasteiger partial charge is 0.349 e. The average molecular weight is 482 g/mol. The normalized spacial score (nSPS) is 20.3. The molecule has 1 aliphatic rings. The molecule has 2 aromatic rings.